The van der Waals surface area contributed by atoms with Crippen LogP contribution in [0.15, 0.2) is 0 Å². The molecule has 2 heterocycles. The summed E-state index contributed by atoms with van der Waals surface area (Å²) < 4.78 is 0. The van der Waals surface area contributed by atoms with Crippen LogP contribution in [0.4, 0.5) is 0 Å². The lowest BCUT2D eigenvalue weighted by molar-refractivity contribution is 0.155. The molecule has 0 aromatic heterocycles. The van der Waals surface area contributed by atoms with Crippen molar-refractivity contribution in [2.45, 2.75) is 83.5 Å². The van der Waals surface area contributed by atoms with E-state index in [-0.39, 0.29) is 11.1 Å². The van der Waals surface area contributed by atoms with E-state index in [4.69, 9.17) is 12.2 Å². The quantitative estimate of drug-likeness (QED) is 0.691. The number of hydrogen-bond acceptors (Lipinski definition) is 3. The Kier molecular flexibility index (Phi) is 5.73. The number of rotatable bonds is 4. The molecule has 22 heavy (non-hydrogen) atoms. The smallest absolute Gasteiger partial charge is 0.166 e. The highest BCUT2D eigenvalue weighted by Crippen LogP contribution is 2.28. The van der Waals surface area contributed by atoms with Crippen LogP contribution < -0.4 is 16.0 Å². The van der Waals surface area contributed by atoms with Gasteiger partial charge in [-0.2, -0.15) is 0 Å². The molecule has 0 spiro atoms. The van der Waals surface area contributed by atoms with Gasteiger partial charge in [0.05, 0.1) is 0 Å². The topological polar surface area (TPSA) is 39.3 Å². The van der Waals surface area contributed by atoms with E-state index in [0.29, 0.717) is 12.1 Å². The Labute approximate surface area is 141 Å². The third-order valence-corrected chi connectivity index (χ3v) is 5.19. The summed E-state index contributed by atoms with van der Waals surface area (Å²) in [7, 11) is 0. The summed E-state index contributed by atoms with van der Waals surface area (Å²) in [6.07, 6.45) is 4.81. The van der Waals surface area contributed by atoms with Crippen molar-refractivity contribution in [1.29, 1.82) is 0 Å². The molecule has 4 nitrogen and oxygen atoms in total. The molecule has 0 radical (unpaired) electrons. The van der Waals surface area contributed by atoms with Crippen molar-refractivity contribution in [3.63, 3.8) is 0 Å². The molecule has 0 amide bonds. The predicted octanol–water partition coefficient (Wildman–Crippen LogP) is 2.24. The minimum Gasteiger partial charge on any atom is -0.361 e. The fourth-order valence-corrected chi connectivity index (χ4v) is 4.66. The fourth-order valence-electron chi connectivity index (χ4n) is 4.41. The van der Waals surface area contributed by atoms with Crippen LogP contribution in [0, 0.1) is 0 Å². The Bertz CT molecular complexity index is 378. The van der Waals surface area contributed by atoms with E-state index in [9.17, 15) is 0 Å². The Balaban J connectivity index is 1.79. The van der Waals surface area contributed by atoms with Crippen LogP contribution in [0.25, 0.3) is 0 Å². The molecule has 0 aliphatic carbocycles. The fraction of sp³-hybridized carbons (Fsp3) is 0.941. The second-order valence-electron chi connectivity index (χ2n) is 8.28. The molecule has 2 rings (SSSR count). The summed E-state index contributed by atoms with van der Waals surface area (Å²) in [5, 5.41) is 11.5. The van der Waals surface area contributed by atoms with E-state index >= 15 is 0 Å². The molecular weight excluding hydrogens is 292 g/mol. The molecule has 0 unspecified atom stereocenters. The van der Waals surface area contributed by atoms with E-state index in [1.54, 1.807) is 0 Å². The Morgan fingerprint density at radius 2 is 1.86 bits per heavy atom. The Morgan fingerprint density at radius 1 is 1.23 bits per heavy atom. The van der Waals surface area contributed by atoms with Gasteiger partial charge in [0.2, 0.25) is 0 Å². The maximum atomic E-state index is 5.53. The van der Waals surface area contributed by atoms with Gasteiger partial charge in [-0.25, -0.2) is 0 Å². The maximum Gasteiger partial charge on any atom is 0.166 e. The number of nitrogens with zero attached hydrogens (tertiary/aromatic N) is 1. The van der Waals surface area contributed by atoms with E-state index < -0.39 is 0 Å². The van der Waals surface area contributed by atoms with Gasteiger partial charge in [-0.3, -0.25) is 4.90 Å². The van der Waals surface area contributed by atoms with Crippen molar-refractivity contribution in [2.75, 3.05) is 19.6 Å². The highest BCUT2D eigenvalue weighted by atomic mass is 32.1. The molecule has 2 aliphatic heterocycles. The summed E-state index contributed by atoms with van der Waals surface area (Å²) in [6.45, 7) is 14.7. The van der Waals surface area contributed by atoms with Crippen LogP contribution in [0.1, 0.15) is 60.3 Å². The van der Waals surface area contributed by atoms with Crippen molar-refractivity contribution in [3.8, 4) is 0 Å². The van der Waals surface area contributed by atoms with Gasteiger partial charge in [-0.1, -0.05) is 6.92 Å². The van der Waals surface area contributed by atoms with Crippen molar-refractivity contribution >= 4 is 17.3 Å². The zero-order chi connectivity index (χ0) is 16.4. The molecule has 0 saturated carbocycles. The number of thiocarbonyl (C=S) groups is 1. The number of piperidine rings is 1. The second-order valence-corrected chi connectivity index (χ2v) is 8.69. The van der Waals surface area contributed by atoms with Gasteiger partial charge in [0.25, 0.3) is 0 Å². The number of likely N-dealkylation sites (N-methyl/N-ethyl adjacent to an activating group) is 1. The molecular formula is C17H34N4S. The molecule has 2 saturated heterocycles. The zero-order valence-electron chi connectivity index (χ0n) is 15.0. The standard InChI is InChI=1S/C17H34N4S/c1-6-21-9-7-8-14(21)12-18-15(22)19-13-10-16(2,3)20-17(4,5)11-13/h13-14,20H,6-12H2,1-5H3,(H2,18,19,22)/t14-/m1/s1. The molecule has 0 aromatic carbocycles. The first-order valence-corrected chi connectivity index (χ1v) is 9.19. The first-order chi connectivity index (χ1) is 10.2. The van der Waals surface area contributed by atoms with Crippen molar-refractivity contribution in [1.82, 2.24) is 20.9 Å². The highest BCUT2D eigenvalue weighted by Gasteiger charge is 2.37. The minimum absolute atomic E-state index is 0.152. The summed E-state index contributed by atoms with van der Waals surface area (Å²) in [6, 6.07) is 1.09. The van der Waals surface area contributed by atoms with Crippen molar-refractivity contribution in [2.24, 2.45) is 0 Å². The van der Waals surface area contributed by atoms with Crippen LogP contribution in [-0.4, -0.2) is 52.8 Å². The van der Waals surface area contributed by atoms with Gasteiger partial charge in [0.15, 0.2) is 5.11 Å². The third-order valence-electron chi connectivity index (χ3n) is 4.93. The van der Waals surface area contributed by atoms with E-state index in [1.165, 1.54) is 19.4 Å². The van der Waals surface area contributed by atoms with Gasteiger partial charge in [-0.15, -0.1) is 0 Å². The van der Waals surface area contributed by atoms with E-state index in [1.807, 2.05) is 0 Å². The summed E-state index contributed by atoms with van der Waals surface area (Å²) in [4.78, 5) is 2.55. The van der Waals surface area contributed by atoms with Crippen molar-refractivity contribution in [3.05, 3.63) is 0 Å². The van der Waals surface area contributed by atoms with Gasteiger partial charge in [-0.05, 0) is 78.7 Å². The molecule has 2 fully saturated rings. The molecule has 3 N–H and O–H groups in total. The maximum absolute atomic E-state index is 5.53. The molecule has 0 bridgehead atoms. The average molecular weight is 327 g/mol. The predicted molar refractivity (Wildman–Crippen MR) is 98.3 cm³/mol. The number of hydrogen-bond donors (Lipinski definition) is 3. The molecule has 5 heteroatoms. The summed E-state index contributed by atoms with van der Waals surface area (Å²) in [5.41, 5.74) is 0.305. The normalized spacial score (nSPS) is 28.5. The highest BCUT2D eigenvalue weighted by molar-refractivity contribution is 7.80. The zero-order valence-corrected chi connectivity index (χ0v) is 15.8. The van der Waals surface area contributed by atoms with Crippen LogP contribution >= 0.6 is 12.2 Å². The van der Waals surface area contributed by atoms with Crippen molar-refractivity contribution < 1.29 is 0 Å². The SMILES string of the molecule is CCN1CCC[C@@H]1CNC(=S)NC1CC(C)(C)NC(C)(C)C1. The van der Waals surface area contributed by atoms with Gasteiger partial charge >= 0.3 is 0 Å². The number of likely N-dealkylation sites (tertiary alicyclic amines) is 1. The molecule has 0 aromatic rings. The monoisotopic (exact) mass is 326 g/mol. The largest absolute Gasteiger partial charge is 0.361 e. The van der Waals surface area contributed by atoms with Crippen LogP contribution in [0.2, 0.25) is 0 Å². The Morgan fingerprint density at radius 3 is 2.45 bits per heavy atom. The second kappa shape index (κ2) is 7.02. The van der Waals surface area contributed by atoms with Gasteiger partial charge in [0, 0.05) is 29.7 Å². The summed E-state index contributed by atoms with van der Waals surface area (Å²) >= 11 is 5.53. The lowest BCUT2D eigenvalue weighted by Gasteiger charge is -2.46. The molecule has 1 atom stereocenters. The van der Waals surface area contributed by atoms with Gasteiger partial charge < -0.3 is 16.0 Å². The van der Waals surface area contributed by atoms with E-state index in [2.05, 4.69) is 55.5 Å². The lowest BCUT2D eigenvalue weighted by Crippen LogP contribution is -2.62. The van der Waals surface area contributed by atoms with Crippen LogP contribution in [0.5, 0.6) is 0 Å². The van der Waals surface area contributed by atoms with Crippen LogP contribution in [0.3, 0.4) is 0 Å². The first-order valence-electron chi connectivity index (χ1n) is 8.78. The van der Waals surface area contributed by atoms with Crippen LogP contribution in [-0.2, 0) is 0 Å². The molecule has 128 valence electrons. The summed E-state index contributed by atoms with van der Waals surface area (Å²) in [5.74, 6) is 0. The Hall–Kier alpha value is -0.390. The average Bonchev–Trinajstić information content (AvgIpc) is 2.79. The number of nitrogens with one attached hydrogen (secondary N) is 3. The van der Waals surface area contributed by atoms with Gasteiger partial charge in [0.1, 0.15) is 0 Å². The third kappa shape index (κ3) is 5.07. The lowest BCUT2D eigenvalue weighted by atomic mass is 9.80. The molecule has 2 aliphatic rings. The van der Waals surface area contributed by atoms with E-state index in [0.717, 1.165) is 31.0 Å². The first kappa shape index (κ1) is 18.0. The minimum atomic E-state index is 0.152.